The zero-order chi connectivity index (χ0) is 12.5. The molecule has 2 nitrogen and oxygen atoms in total. The van der Waals surface area contributed by atoms with Gasteiger partial charge in [-0.2, -0.15) is 11.3 Å². The highest BCUT2D eigenvalue weighted by molar-refractivity contribution is 7.15. The lowest BCUT2D eigenvalue weighted by atomic mass is 10.2. The van der Waals surface area contributed by atoms with Gasteiger partial charge in [-0.05, 0) is 37.3 Å². The van der Waals surface area contributed by atoms with Crippen LogP contribution in [0.2, 0.25) is 0 Å². The van der Waals surface area contributed by atoms with E-state index in [0.717, 1.165) is 19.0 Å². The van der Waals surface area contributed by atoms with E-state index < -0.39 is 0 Å². The van der Waals surface area contributed by atoms with E-state index in [0.29, 0.717) is 0 Å². The fourth-order valence-corrected chi connectivity index (χ4v) is 4.20. The van der Waals surface area contributed by atoms with Gasteiger partial charge in [-0.1, -0.05) is 6.92 Å². The standard InChI is InChI=1S/C14H18N2S2/c1-3-15-6-12-13(10-4-5-10)16-14(18-12)11-8-17-7-9(11)2/h7-8,10,15H,3-6H2,1-2H3. The lowest BCUT2D eigenvalue weighted by Gasteiger charge is -2.00. The van der Waals surface area contributed by atoms with E-state index in [4.69, 9.17) is 4.98 Å². The molecule has 0 saturated heterocycles. The first-order valence-electron chi connectivity index (χ1n) is 6.53. The second-order valence-corrected chi connectivity index (χ2v) is 6.68. The molecule has 1 N–H and O–H groups in total. The predicted octanol–water partition coefficient (Wildman–Crippen LogP) is 4.17. The summed E-state index contributed by atoms with van der Waals surface area (Å²) in [6, 6.07) is 0. The van der Waals surface area contributed by atoms with E-state index >= 15 is 0 Å². The van der Waals surface area contributed by atoms with Gasteiger partial charge in [-0.3, -0.25) is 0 Å². The molecule has 96 valence electrons. The van der Waals surface area contributed by atoms with Crippen LogP contribution in [0.1, 0.15) is 41.8 Å². The van der Waals surface area contributed by atoms with Crippen LogP contribution in [0.5, 0.6) is 0 Å². The minimum Gasteiger partial charge on any atom is -0.312 e. The molecule has 1 aliphatic carbocycles. The Morgan fingerprint density at radius 2 is 2.22 bits per heavy atom. The van der Waals surface area contributed by atoms with Crippen molar-refractivity contribution in [3.63, 3.8) is 0 Å². The SMILES string of the molecule is CCNCc1sc(-c2cscc2C)nc1C1CC1. The Balaban J connectivity index is 1.94. The van der Waals surface area contributed by atoms with E-state index in [2.05, 4.69) is 29.9 Å². The summed E-state index contributed by atoms with van der Waals surface area (Å²) in [5.41, 5.74) is 4.04. The van der Waals surface area contributed by atoms with Crippen LogP contribution >= 0.6 is 22.7 Å². The molecular weight excluding hydrogens is 260 g/mol. The van der Waals surface area contributed by atoms with Gasteiger partial charge in [0, 0.05) is 28.3 Å². The third kappa shape index (κ3) is 2.37. The molecule has 0 aromatic carbocycles. The Morgan fingerprint density at radius 3 is 2.83 bits per heavy atom. The molecule has 2 aromatic heterocycles. The highest BCUT2D eigenvalue weighted by Crippen LogP contribution is 2.44. The van der Waals surface area contributed by atoms with Crippen molar-refractivity contribution >= 4 is 22.7 Å². The second kappa shape index (κ2) is 5.11. The molecule has 1 aliphatic rings. The van der Waals surface area contributed by atoms with E-state index in [1.165, 1.54) is 39.5 Å². The van der Waals surface area contributed by atoms with Crippen molar-refractivity contribution in [2.75, 3.05) is 6.54 Å². The molecule has 0 spiro atoms. The fraction of sp³-hybridized carbons (Fsp3) is 0.500. The van der Waals surface area contributed by atoms with Crippen LogP contribution in [0.4, 0.5) is 0 Å². The van der Waals surface area contributed by atoms with Crippen molar-refractivity contribution in [2.45, 2.75) is 39.2 Å². The van der Waals surface area contributed by atoms with Crippen LogP contribution in [-0.2, 0) is 6.54 Å². The summed E-state index contributed by atoms with van der Waals surface area (Å²) in [6.45, 7) is 6.33. The molecule has 0 amide bonds. The van der Waals surface area contributed by atoms with Gasteiger partial charge in [0.1, 0.15) is 5.01 Å². The molecule has 3 rings (SSSR count). The summed E-state index contributed by atoms with van der Waals surface area (Å²) < 4.78 is 0. The third-order valence-corrected chi connectivity index (χ3v) is 5.28. The lowest BCUT2D eigenvalue weighted by molar-refractivity contribution is 0.727. The van der Waals surface area contributed by atoms with Crippen LogP contribution < -0.4 is 5.32 Å². The predicted molar refractivity (Wildman–Crippen MR) is 79.5 cm³/mol. The molecule has 18 heavy (non-hydrogen) atoms. The second-order valence-electron chi connectivity index (χ2n) is 4.85. The van der Waals surface area contributed by atoms with Crippen LogP contribution in [-0.4, -0.2) is 11.5 Å². The van der Waals surface area contributed by atoms with Gasteiger partial charge in [0.25, 0.3) is 0 Å². The molecule has 4 heteroatoms. The summed E-state index contributed by atoms with van der Waals surface area (Å²) in [5, 5.41) is 9.08. The van der Waals surface area contributed by atoms with Crippen molar-refractivity contribution < 1.29 is 0 Å². The number of nitrogens with zero attached hydrogens (tertiary/aromatic N) is 1. The number of aryl methyl sites for hydroxylation is 1. The molecule has 0 radical (unpaired) electrons. The highest BCUT2D eigenvalue weighted by Gasteiger charge is 2.29. The highest BCUT2D eigenvalue weighted by atomic mass is 32.1. The largest absolute Gasteiger partial charge is 0.312 e. The number of aromatic nitrogens is 1. The van der Waals surface area contributed by atoms with Gasteiger partial charge in [0.05, 0.1) is 5.69 Å². The maximum Gasteiger partial charge on any atom is 0.125 e. The van der Waals surface area contributed by atoms with Crippen molar-refractivity contribution in [2.24, 2.45) is 0 Å². The normalized spacial score (nSPS) is 15.2. The smallest absolute Gasteiger partial charge is 0.125 e. The maximum absolute atomic E-state index is 4.91. The van der Waals surface area contributed by atoms with Crippen LogP contribution in [0.3, 0.4) is 0 Å². The van der Waals surface area contributed by atoms with Crippen molar-refractivity contribution in [1.82, 2.24) is 10.3 Å². The summed E-state index contributed by atoms with van der Waals surface area (Å²) in [4.78, 5) is 6.36. The fourth-order valence-electron chi connectivity index (χ4n) is 2.10. The third-order valence-electron chi connectivity index (χ3n) is 3.31. The van der Waals surface area contributed by atoms with Gasteiger partial charge in [0.2, 0.25) is 0 Å². The van der Waals surface area contributed by atoms with Crippen LogP contribution in [0.15, 0.2) is 10.8 Å². The Morgan fingerprint density at radius 1 is 1.39 bits per heavy atom. The first-order valence-corrected chi connectivity index (χ1v) is 8.29. The minimum atomic E-state index is 0.739. The number of nitrogens with one attached hydrogen (secondary N) is 1. The monoisotopic (exact) mass is 278 g/mol. The summed E-state index contributed by atoms with van der Waals surface area (Å²) in [7, 11) is 0. The van der Waals surface area contributed by atoms with Gasteiger partial charge >= 0.3 is 0 Å². The maximum atomic E-state index is 4.91. The van der Waals surface area contributed by atoms with Crippen molar-refractivity contribution in [3.8, 4) is 10.6 Å². The number of hydrogen-bond acceptors (Lipinski definition) is 4. The summed E-state index contributed by atoms with van der Waals surface area (Å²) >= 11 is 3.64. The molecular formula is C14H18N2S2. The van der Waals surface area contributed by atoms with E-state index in [1.807, 2.05) is 11.3 Å². The Labute approximate surface area is 116 Å². The Kier molecular flexibility index (Phi) is 3.50. The van der Waals surface area contributed by atoms with E-state index in [9.17, 15) is 0 Å². The zero-order valence-corrected chi connectivity index (χ0v) is 12.5. The molecule has 0 aliphatic heterocycles. The quantitative estimate of drug-likeness (QED) is 0.888. The molecule has 1 saturated carbocycles. The van der Waals surface area contributed by atoms with E-state index in [-0.39, 0.29) is 0 Å². The van der Waals surface area contributed by atoms with Crippen molar-refractivity contribution in [1.29, 1.82) is 0 Å². The first kappa shape index (κ1) is 12.3. The Bertz CT molecular complexity index is 538. The lowest BCUT2D eigenvalue weighted by Crippen LogP contribution is -2.11. The average molecular weight is 278 g/mol. The summed E-state index contributed by atoms with van der Waals surface area (Å²) in [5.74, 6) is 0.739. The topological polar surface area (TPSA) is 24.9 Å². The van der Waals surface area contributed by atoms with Crippen LogP contribution in [0.25, 0.3) is 10.6 Å². The number of thiophene rings is 1. The molecule has 2 aromatic rings. The zero-order valence-electron chi connectivity index (χ0n) is 10.8. The molecule has 0 atom stereocenters. The van der Waals surface area contributed by atoms with E-state index in [1.54, 1.807) is 11.3 Å². The van der Waals surface area contributed by atoms with Crippen LogP contribution in [0, 0.1) is 6.92 Å². The number of hydrogen-bond donors (Lipinski definition) is 1. The van der Waals surface area contributed by atoms with Gasteiger partial charge in [-0.25, -0.2) is 4.98 Å². The van der Waals surface area contributed by atoms with Gasteiger partial charge < -0.3 is 5.32 Å². The first-order chi connectivity index (χ1) is 8.79. The minimum absolute atomic E-state index is 0.739. The molecule has 2 heterocycles. The van der Waals surface area contributed by atoms with Crippen molar-refractivity contribution in [3.05, 3.63) is 26.9 Å². The molecule has 1 fully saturated rings. The number of thiazole rings is 1. The number of rotatable bonds is 5. The molecule has 0 bridgehead atoms. The average Bonchev–Trinajstić information content (AvgIpc) is 2.99. The molecule has 0 unspecified atom stereocenters. The Hall–Kier alpha value is -0.710. The van der Waals surface area contributed by atoms with Gasteiger partial charge in [-0.15, -0.1) is 11.3 Å². The summed E-state index contributed by atoms with van der Waals surface area (Å²) in [6.07, 6.45) is 2.65. The van der Waals surface area contributed by atoms with Gasteiger partial charge in [0.15, 0.2) is 0 Å².